The molecule has 7 rings (SSSR count). The van der Waals surface area contributed by atoms with E-state index in [0.717, 1.165) is 38.9 Å². The summed E-state index contributed by atoms with van der Waals surface area (Å²) in [6.07, 6.45) is -0.832. The van der Waals surface area contributed by atoms with Crippen LogP contribution in [0.25, 0.3) is 22.3 Å². The first-order valence-corrected chi connectivity index (χ1v) is 11.7. The second-order valence-corrected chi connectivity index (χ2v) is 9.37. The number of hydrogen-bond donors (Lipinski definition) is 3. The smallest absolute Gasteiger partial charge is 0.115 e. The molecule has 5 aromatic rings. The quantitative estimate of drug-likeness (QED) is 0.279. The third kappa shape index (κ3) is 2.59. The second kappa shape index (κ2) is 7.08. The third-order valence-corrected chi connectivity index (χ3v) is 7.62. The monoisotopic (exact) mass is 454 g/mol. The van der Waals surface area contributed by atoms with E-state index < -0.39 is 11.5 Å². The molecule has 5 aromatic carbocycles. The van der Waals surface area contributed by atoms with Crippen LogP contribution in [0.15, 0.2) is 109 Å². The lowest BCUT2D eigenvalue weighted by molar-refractivity contribution is 0.220. The molecule has 0 fully saturated rings. The minimum Gasteiger partial charge on any atom is -0.508 e. The summed E-state index contributed by atoms with van der Waals surface area (Å²) in [6.45, 7) is 0. The first-order chi connectivity index (χ1) is 17.1. The fourth-order valence-corrected chi connectivity index (χ4v) is 6.16. The molecule has 0 saturated carbocycles. The minimum absolute atomic E-state index is 0.170. The van der Waals surface area contributed by atoms with Crippen LogP contribution in [0.1, 0.15) is 39.5 Å². The fourth-order valence-electron chi connectivity index (χ4n) is 6.16. The molecule has 2 aliphatic carbocycles. The lowest BCUT2D eigenvalue weighted by Crippen LogP contribution is -2.26. The zero-order valence-corrected chi connectivity index (χ0v) is 18.8. The maximum atomic E-state index is 11.3. The van der Waals surface area contributed by atoms with Crippen molar-refractivity contribution in [2.24, 2.45) is 0 Å². The lowest BCUT2D eigenvalue weighted by atomic mass is 9.70. The number of rotatable bonds is 2. The van der Waals surface area contributed by atoms with E-state index in [2.05, 4.69) is 60.7 Å². The van der Waals surface area contributed by atoms with Gasteiger partial charge in [0.1, 0.15) is 17.6 Å². The van der Waals surface area contributed by atoms with Gasteiger partial charge in [-0.05, 0) is 79.9 Å². The first-order valence-electron chi connectivity index (χ1n) is 11.7. The highest BCUT2D eigenvalue weighted by Crippen LogP contribution is 2.63. The Hall–Kier alpha value is -4.34. The first kappa shape index (κ1) is 20.1. The molecule has 0 saturated heterocycles. The van der Waals surface area contributed by atoms with Crippen molar-refractivity contribution in [1.29, 1.82) is 0 Å². The minimum atomic E-state index is -0.832. The van der Waals surface area contributed by atoms with Crippen LogP contribution in [-0.4, -0.2) is 15.3 Å². The van der Waals surface area contributed by atoms with Crippen LogP contribution in [0, 0.1) is 0 Å². The molecule has 3 nitrogen and oxygen atoms in total. The van der Waals surface area contributed by atoms with Crippen molar-refractivity contribution in [1.82, 2.24) is 0 Å². The molecule has 0 radical (unpaired) electrons. The van der Waals surface area contributed by atoms with Crippen LogP contribution in [0.4, 0.5) is 0 Å². The van der Waals surface area contributed by atoms with Gasteiger partial charge in [0, 0.05) is 0 Å². The van der Waals surface area contributed by atoms with Gasteiger partial charge in [0.25, 0.3) is 0 Å². The summed E-state index contributed by atoms with van der Waals surface area (Å²) in [4.78, 5) is 0. The van der Waals surface area contributed by atoms with E-state index in [0.29, 0.717) is 0 Å². The molecule has 0 amide bonds. The number of hydrogen-bond acceptors (Lipinski definition) is 3. The van der Waals surface area contributed by atoms with Gasteiger partial charge in [-0.25, -0.2) is 0 Å². The maximum absolute atomic E-state index is 11.3. The van der Waals surface area contributed by atoms with Gasteiger partial charge in [-0.2, -0.15) is 0 Å². The molecule has 2 aliphatic rings. The van der Waals surface area contributed by atoms with Gasteiger partial charge >= 0.3 is 0 Å². The Bertz CT molecular complexity index is 1620. The molecule has 2 atom stereocenters. The van der Waals surface area contributed by atoms with Crippen molar-refractivity contribution in [2.75, 3.05) is 0 Å². The van der Waals surface area contributed by atoms with Crippen molar-refractivity contribution < 1.29 is 15.3 Å². The van der Waals surface area contributed by atoms with Gasteiger partial charge < -0.3 is 15.3 Å². The van der Waals surface area contributed by atoms with Crippen molar-refractivity contribution in [3.8, 4) is 33.8 Å². The largest absolute Gasteiger partial charge is 0.508 e. The molecule has 1 spiro atoms. The average Bonchev–Trinajstić information content (AvgIpc) is 3.35. The van der Waals surface area contributed by atoms with Crippen molar-refractivity contribution in [3.05, 3.63) is 143 Å². The van der Waals surface area contributed by atoms with Gasteiger partial charge in [-0.1, -0.05) is 84.9 Å². The summed E-state index contributed by atoms with van der Waals surface area (Å²) < 4.78 is 0. The van der Waals surface area contributed by atoms with E-state index in [1.165, 1.54) is 16.7 Å². The summed E-state index contributed by atoms with van der Waals surface area (Å²) in [5.74, 6) is 0.408. The van der Waals surface area contributed by atoms with Crippen LogP contribution < -0.4 is 0 Å². The van der Waals surface area contributed by atoms with Crippen LogP contribution >= 0.6 is 0 Å². The SMILES string of the molecule is Oc1ccc(C(O)c2ccc3c(c2)C2(c4ccccc4-c4ccc(O)cc42)c2ccccc2-3)cc1. The molecule has 0 aliphatic heterocycles. The number of benzene rings is 5. The highest BCUT2D eigenvalue weighted by Gasteiger charge is 2.51. The summed E-state index contributed by atoms with van der Waals surface area (Å²) in [6, 6.07) is 35.5. The zero-order chi connectivity index (χ0) is 23.7. The second-order valence-electron chi connectivity index (χ2n) is 9.37. The van der Waals surface area contributed by atoms with Gasteiger partial charge in [0.2, 0.25) is 0 Å². The average molecular weight is 455 g/mol. The van der Waals surface area contributed by atoms with Crippen molar-refractivity contribution in [3.63, 3.8) is 0 Å². The Balaban J connectivity index is 1.55. The Labute approximate surface area is 203 Å². The summed E-state index contributed by atoms with van der Waals surface area (Å²) in [5, 5.41) is 31.5. The molecule has 0 aromatic heterocycles. The van der Waals surface area contributed by atoms with E-state index in [9.17, 15) is 15.3 Å². The summed E-state index contributed by atoms with van der Waals surface area (Å²) in [7, 11) is 0. The highest BCUT2D eigenvalue weighted by atomic mass is 16.3. The normalized spacial score (nSPS) is 17.5. The molecule has 0 bridgehead atoms. The Morgan fingerprint density at radius 2 is 0.943 bits per heavy atom. The Morgan fingerprint density at radius 3 is 1.60 bits per heavy atom. The van der Waals surface area contributed by atoms with Crippen molar-refractivity contribution >= 4 is 0 Å². The number of phenols is 2. The van der Waals surface area contributed by atoms with E-state index in [-0.39, 0.29) is 11.5 Å². The predicted molar refractivity (Wildman–Crippen MR) is 137 cm³/mol. The van der Waals surface area contributed by atoms with Crippen LogP contribution in [0.2, 0.25) is 0 Å². The number of aromatic hydroxyl groups is 2. The molecule has 3 heteroatoms. The fraction of sp³-hybridized carbons (Fsp3) is 0.0625. The van der Waals surface area contributed by atoms with Gasteiger partial charge in [-0.15, -0.1) is 0 Å². The number of phenolic OH excluding ortho intramolecular Hbond substituents is 2. The molecule has 35 heavy (non-hydrogen) atoms. The van der Waals surface area contributed by atoms with Gasteiger partial charge in [-0.3, -0.25) is 0 Å². The third-order valence-electron chi connectivity index (χ3n) is 7.62. The molecular formula is C32H22O3. The van der Waals surface area contributed by atoms with E-state index in [1.54, 1.807) is 30.3 Å². The van der Waals surface area contributed by atoms with Crippen molar-refractivity contribution in [2.45, 2.75) is 11.5 Å². The van der Waals surface area contributed by atoms with Gasteiger partial charge in [0.05, 0.1) is 5.41 Å². The molecule has 168 valence electrons. The number of fused-ring (bicyclic) bond motifs is 10. The number of aliphatic hydroxyl groups excluding tert-OH is 1. The van der Waals surface area contributed by atoms with Crippen LogP contribution in [-0.2, 0) is 5.41 Å². The van der Waals surface area contributed by atoms with Gasteiger partial charge in [0.15, 0.2) is 0 Å². The molecular weight excluding hydrogens is 432 g/mol. The zero-order valence-electron chi connectivity index (χ0n) is 18.8. The maximum Gasteiger partial charge on any atom is 0.115 e. The molecule has 0 heterocycles. The summed E-state index contributed by atoms with van der Waals surface area (Å²) in [5.41, 5.74) is 10.0. The Morgan fingerprint density at radius 1 is 0.457 bits per heavy atom. The van der Waals surface area contributed by atoms with Crippen LogP contribution in [0.3, 0.4) is 0 Å². The topological polar surface area (TPSA) is 60.7 Å². The Kier molecular flexibility index (Phi) is 4.06. The van der Waals surface area contributed by atoms with E-state index >= 15 is 0 Å². The summed E-state index contributed by atoms with van der Waals surface area (Å²) >= 11 is 0. The van der Waals surface area contributed by atoms with E-state index in [4.69, 9.17) is 0 Å². The van der Waals surface area contributed by atoms with Crippen LogP contribution in [0.5, 0.6) is 11.5 Å². The molecule has 3 N–H and O–H groups in total. The van der Waals surface area contributed by atoms with E-state index in [1.807, 2.05) is 18.2 Å². The molecule has 2 unspecified atom stereocenters. The highest BCUT2D eigenvalue weighted by molar-refractivity contribution is 5.95. The predicted octanol–water partition coefficient (Wildman–Crippen LogP) is 6.52. The number of aliphatic hydroxyl groups is 1. The lowest BCUT2D eigenvalue weighted by Gasteiger charge is -2.31. The standard InChI is InChI=1S/C32H22O3/c33-21-12-9-19(10-13-21)31(35)20-11-15-25-23-5-1-3-7-27(23)32(29(25)17-20)28-8-4-2-6-24(28)26-16-14-22(34)18-30(26)32/h1-18,31,33-35H.